The second kappa shape index (κ2) is 10.6. The van der Waals surface area contributed by atoms with E-state index in [1.54, 1.807) is 0 Å². The Hall–Kier alpha value is -0.133. The molecule has 0 aliphatic heterocycles. The van der Waals surface area contributed by atoms with E-state index in [1.165, 1.54) is 0 Å². The van der Waals surface area contributed by atoms with Crippen molar-refractivity contribution < 1.29 is 17.8 Å². The van der Waals surface area contributed by atoms with Crippen LogP contribution in [0.4, 0.5) is 8.78 Å². The molecule has 0 fully saturated rings. The standard InChI is InChI=1S/C20H39F2NO2SSi/c1-18(2,3)26(24)23-17(14-15-20(7,21)22)13-11-10-12-16-25-27(8,9)19(4,5)6/h17,23H,10,12,14-16H2,1-9H3. The summed E-state index contributed by atoms with van der Waals surface area (Å²) in [6.45, 7) is 18.1. The van der Waals surface area contributed by atoms with Gasteiger partial charge in [0.15, 0.2) is 8.32 Å². The van der Waals surface area contributed by atoms with Crippen LogP contribution in [0.2, 0.25) is 18.1 Å². The minimum Gasteiger partial charge on any atom is -0.598 e. The molecule has 27 heavy (non-hydrogen) atoms. The van der Waals surface area contributed by atoms with Crippen LogP contribution in [-0.2, 0) is 15.8 Å². The van der Waals surface area contributed by atoms with Crippen molar-refractivity contribution in [1.82, 2.24) is 4.72 Å². The van der Waals surface area contributed by atoms with E-state index in [0.29, 0.717) is 13.0 Å². The van der Waals surface area contributed by atoms with Crippen molar-refractivity contribution in [2.45, 2.75) is 109 Å². The van der Waals surface area contributed by atoms with Crippen LogP contribution in [0.3, 0.4) is 0 Å². The van der Waals surface area contributed by atoms with Gasteiger partial charge < -0.3 is 8.98 Å². The lowest BCUT2D eigenvalue weighted by Crippen LogP contribution is -2.44. The van der Waals surface area contributed by atoms with Gasteiger partial charge in [-0.1, -0.05) is 26.7 Å². The zero-order chi connectivity index (χ0) is 21.5. The van der Waals surface area contributed by atoms with Gasteiger partial charge in [0.2, 0.25) is 5.92 Å². The molecule has 0 saturated heterocycles. The van der Waals surface area contributed by atoms with Crippen molar-refractivity contribution >= 4 is 19.7 Å². The van der Waals surface area contributed by atoms with Crippen LogP contribution in [0.5, 0.6) is 0 Å². The molecule has 0 saturated carbocycles. The minimum absolute atomic E-state index is 0.165. The maximum absolute atomic E-state index is 13.2. The van der Waals surface area contributed by atoms with E-state index in [1.807, 2.05) is 20.8 Å². The summed E-state index contributed by atoms with van der Waals surface area (Å²) in [6.07, 6.45) is 1.32. The molecule has 0 aromatic carbocycles. The summed E-state index contributed by atoms with van der Waals surface area (Å²) in [5, 5.41) is 0.177. The summed E-state index contributed by atoms with van der Waals surface area (Å²) in [7, 11) is -1.75. The number of nitrogens with one attached hydrogen (secondary N) is 1. The number of alkyl halides is 2. The molecule has 2 atom stereocenters. The number of rotatable bonds is 9. The molecular weight excluding hydrogens is 384 g/mol. The second-order valence-corrected chi connectivity index (χ2v) is 16.5. The van der Waals surface area contributed by atoms with Crippen LogP contribution in [-0.4, -0.2) is 36.2 Å². The Balaban J connectivity index is 4.63. The van der Waals surface area contributed by atoms with Gasteiger partial charge in [-0.25, -0.2) is 8.78 Å². The summed E-state index contributed by atoms with van der Waals surface area (Å²) in [5.74, 6) is 3.29. The topological polar surface area (TPSA) is 44.3 Å². The average Bonchev–Trinajstić information content (AvgIpc) is 2.44. The van der Waals surface area contributed by atoms with E-state index in [2.05, 4.69) is 50.4 Å². The maximum Gasteiger partial charge on any atom is 0.245 e. The van der Waals surface area contributed by atoms with Crippen molar-refractivity contribution in [2.75, 3.05) is 6.61 Å². The Morgan fingerprint density at radius 3 is 2.11 bits per heavy atom. The maximum atomic E-state index is 13.2. The lowest BCUT2D eigenvalue weighted by Gasteiger charge is -2.36. The highest BCUT2D eigenvalue weighted by Gasteiger charge is 2.36. The molecule has 0 spiro atoms. The van der Waals surface area contributed by atoms with Crippen LogP contribution in [0.1, 0.15) is 74.1 Å². The highest BCUT2D eigenvalue weighted by atomic mass is 32.2. The number of hydrogen-bond donors (Lipinski definition) is 1. The Labute approximate surface area is 169 Å². The highest BCUT2D eigenvalue weighted by molar-refractivity contribution is 7.90. The predicted molar refractivity (Wildman–Crippen MR) is 115 cm³/mol. The number of hydrogen-bond acceptors (Lipinski definition) is 3. The average molecular weight is 424 g/mol. The molecule has 2 unspecified atom stereocenters. The van der Waals surface area contributed by atoms with E-state index in [0.717, 1.165) is 13.3 Å². The van der Waals surface area contributed by atoms with Gasteiger partial charge >= 0.3 is 0 Å². The van der Waals surface area contributed by atoms with Crippen LogP contribution in [0.15, 0.2) is 0 Å². The molecule has 3 nitrogen and oxygen atoms in total. The predicted octanol–water partition coefficient (Wildman–Crippen LogP) is 5.65. The van der Waals surface area contributed by atoms with E-state index in [9.17, 15) is 13.3 Å². The smallest absolute Gasteiger partial charge is 0.245 e. The fourth-order valence-electron chi connectivity index (χ4n) is 1.76. The molecule has 0 heterocycles. The molecule has 0 rings (SSSR count). The van der Waals surface area contributed by atoms with E-state index < -0.39 is 36.4 Å². The lowest BCUT2D eigenvalue weighted by molar-refractivity contribution is 0.0101. The fourth-order valence-corrected chi connectivity index (χ4v) is 3.64. The molecule has 0 aromatic heterocycles. The van der Waals surface area contributed by atoms with Gasteiger partial charge in [0.1, 0.15) is 10.8 Å². The molecule has 0 aromatic rings. The van der Waals surface area contributed by atoms with Crippen molar-refractivity contribution in [1.29, 1.82) is 0 Å². The number of halogens is 2. The van der Waals surface area contributed by atoms with Crippen LogP contribution in [0, 0.1) is 11.8 Å². The van der Waals surface area contributed by atoms with E-state index in [4.69, 9.17) is 4.43 Å². The third-order valence-electron chi connectivity index (χ3n) is 4.67. The Morgan fingerprint density at radius 2 is 1.67 bits per heavy atom. The summed E-state index contributed by atoms with van der Waals surface area (Å²) in [4.78, 5) is 0. The number of unbranched alkanes of at least 4 members (excludes halogenated alkanes) is 1. The normalized spacial score (nSPS) is 15.9. The summed E-state index contributed by atoms with van der Waals surface area (Å²) >= 11 is -1.34. The Morgan fingerprint density at radius 1 is 1.11 bits per heavy atom. The van der Waals surface area contributed by atoms with Crippen molar-refractivity contribution in [3.05, 3.63) is 0 Å². The van der Waals surface area contributed by atoms with Crippen LogP contribution < -0.4 is 4.72 Å². The molecule has 0 amide bonds. The summed E-state index contributed by atoms with van der Waals surface area (Å²) in [6, 6.07) is -0.503. The van der Waals surface area contributed by atoms with E-state index >= 15 is 0 Å². The third kappa shape index (κ3) is 12.1. The second-order valence-electron chi connectivity index (χ2n) is 9.69. The first-order valence-corrected chi connectivity index (χ1v) is 13.7. The lowest BCUT2D eigenvalue weighted by atomic mass is 10.1. The Bertz CT molecular complexity index is 499. The Kier molecular flexibility index (Phi) is 10.5. The molecule has 0 bridgehead atoms. The van der Waals surface area contributed by atoms with Gasteiger partial charge in [0.05, 0.1) is 0 Å². The first kappa shape index (κ1) is 26.9. The van der Waals surface area contributed by atoms with Crippen LogP contribution >= 0.6 is 0 Å². The third-order valence-corrected chi connectivity index (χ3v) is 10.8. The largest absolute Gasteiger partial charge is 0.598 e. The van der Waals surface area contributed by atoms with Crippen LogP contribution in [0.25, 0.3) is 0 Å². The minimum atomic E-state index is -2.75. The first-order chi connectivity index (χ1) is 12.0. The monoisotopic (exact) mass is 423 g/mol. The van der Waals surface area contributed by atoms with Crippen molar-refractivity contribution in [3.8, 4) is 11.8 Å². The zero-order valence-electron chi connectivity index (χ0n) is 18.6. The first-order valence-electron chi connectivity index (χ1n) is 9.64. The molecule has 0 radical (unpaired) electrons. The van der Waals surface area contributed by atoms with E-state index in [-0.39, 0.29) is 17.9 Å². The van der Waals surface area contributed by atoms with Gasteiger partial charge in [-0.15, -0.1) is 10.6 Å². The SMILES string of the molecule is CC(F)(F)CCC(C#CCCCO[Si](C)(C)C(C)(C)C)N[S+]([O-])C(C)(C)C. The molecule has 1 N–H and O–H groups in total. The highest BCUT2D eigenvalue weighted by Crippen LogP contribution is 2.36. The van der Waals surface area contributed by atoms with Gasteiger partial charge in [0.25, 0.3) is 0 Å². The van der Waals surface area contributed by atoms with Crippen molar-refractivity contribution in [2.24, 2.45) is 0 Å². The van der Waals surface area contributed by atoms with Gasteiger partial charge in [-0.05, 0) is 58.7 Å². The van der Waals surface area contributed by atoms with Gasteiger partial charge in [-0.3, -0.25) is 0 Å². The molecule has 7 heteroatoms. The molecule has 0 aliphatic rings. The van der Waals surface area contributed by atoms with Gasteiger partial charge in [-0.2, -0.15) is 0 Å². The van der Waals surface area contributed by atoms with Gasteiger partial charge in [0, 0.05) is 30.8 Å². The molecule has 0 aliphatic carbocycles. The molecular formula is C20H39F2NO2SSi. The van der Waals surface area contributed by atoms with Crippen molar-refractivity contribution in [3.63, 3.8) is 0 Å². The summed E-state index contributed by atoms with van der Waals surface area (Å²) in [5.41, 5.74) is 0. The summed E-state index contributed by atoms with van der Waals surface area (Å²) < 4.78 is 47.2. The zero-order valence-corrected chi connectivity index (χ0v) is 20.4. The fraction of sp³-hybridized carbons (Fsp3) is 0.900. The molecule has 160 valence electrons. The quantitative estimate of drug-likeness (QED) is 0.226.